The molecule has 1 N–H and O–H groups in total. The summed E-state index contributed by atoms with van der Waals surface area (Å²) in [6, 6.07) is 0. The maximum absolute atomic E-state index is 11.0. The Labute approximate surface area is 97.7 Å². The van der Waals surface area contributed by atoms with E-state index in [2.05, 4.69) is 23.9 Å². The van der Waals surface area contributed by atoms with Crippen LogP contribution in [0.25, 0.3) is 0 Å². The van der Waals surface area contributed by atoms with E-state index in [1.165, 1.54) is 26.4 Å². The molecule has 94 valence electrons. The Hall–Kier alpha value is -0.770. The van der Waals surface area contributed by atoms with E-state index < -0.39 is 6.09 Å². The molecule has 0 saturated carbocycles. The van der Waals surface area contributed by atoms with Crippen LogP contribution >= 0.6 is 0 Å². The average molecular weight is 229 g/mol. The van der Waals surface area contributed by atoms with Gasteiger partial charge in [0.15, 0.2) is 0 Å². The van der Waals surface area contributed by atoms with E-state index in [9.17, 15) is 4.79 Å². The zero-order valence-electron chi connectivity index (χ0n) is 10.5. The minimum absolute atomic E-state index is 0.172. The summed E-state index contributed by atoms with van der Waals surface area (Å²) >= 11 is 0. The van der Waals surface area contributed by atoms with Gasteiger partial charge in [0.05, 0.1) is 13.2 Å². The lowest BCUT2D eigenvalue weighted by molar-refractivity contribution is 0.0135. The van der Waals surface area contributed by atoms with Crippen LogP contribution in [-0.2, 0) is 9.47 Å². The predicted octanol–water partition coefficient (Wildman–Crippen LogP) is 2.67. The van der Waals surface area contributed by atoms with Crippen molar-refractivity contribution in [1.82, 2.24) is 5.32 Å². The van der Waals surface area contributed by atoms with Crippen molar-refractivity contribution in [3.8, 4) is 0 Å². The fraction of sp³-hybridized carbons (Fsp3) is 0.917. The summed E-state index contributed by atoms with van der Waals surface area (Å²) in [4.78, 5) is 11.0. The molecule has 4 heteroatoms. The summed E-state index contributed by atoms with van der Waals surface area (Å²) in [5.41, 5.74) is 0. The largest absolute Gasteiger partial charge is 0.453 e. The van der Waals surface area contributed by atoms with Crippen LogP contribution in [0.3, 0.4) is 0 Å². The van der Waals surface area contributed by atoms with Crippen molar-refractivity contribution in [3.05, 3.63) is 0 Å². The molecular formula is C12H23NO3. The third-order valence-electron chi connectivity index (χ3n) is 3.12. The quantitative estimate of drug-likeness (QED) is 0.737. The second-order valence-electron chi connectivity index (χ2n) is 4.51. The van der Waals surface area contributed by atoms with Crippen LogP contribution in [0, 0.1) is 5.92 Å². The molecule has 0 aromatic heterocycles. The molecule has 1 amide bonds. The van der Waals surface area contributed by atoms with Gasteiger partial charge in [-0.1, -0.05) is 33.1 Å². The molecule has 0 bridgehead atoms. The molecule has 1 heterocycles. The number of carbonyl (C=O) groups is 1. The molecule has 1 aliphatic rings. The van der Waals surface area contributed by atoms with Gasteiger partial charge in [-0.05, 0) is 18.8 Å². The normalized spacial score (nSPS) is 29.1. The number of nitrogens with one attached hydrogen (secondary N) is 1. The van der Waals surface area contributed by atoms with Crippen LogP contribution < -0.4 is 5.32 Å². The summed E-state index contributed by atoms with van der Waals surface area (Å²) in [6.07, 6.45) is 5.36. The third-order valence-corrected chi connectivity index (χ3v) is 3.12. The van der Waals surface area contributed by atoms with E-state index in [-0.39, 0.29) is 12.3 Å². The summed E-state index contributed by atoms with van der Waals surface area (Å²) in [5, 5.41) is 2.70. The predicted molar refractivity (Wildman–Crippen MR) is 62.1 cm³/mol. The van der Waals surface area contributed by atoms with E-state index in [0.717, 1.165) is 12.8 Å². The lowest BCUT2D eigenvalue weighted by Crippen LogP contribution is -2.34. The number of alkyl carbamates (subject to hydrolysis) is 1. The Bertz CT molecular complexity index is 220. The van der Waals surface area contributed by atoms with E-state index >= 15 is 0 Å². The molecule has 1 unspecified atom stereocenters. The molecule has 0 radical (unpaired) electrons. The lowest BCUT2D eigenvalue weighted by atomic mass is 9.98. The van der Waals surface area contributed by atoms with E-state index in [4.69, 9.17) is 4.74 Å². The first-order chi connectivity index (χ1) is 7.67. The zero-order valence-corrected chi connectivity index (χ0v) is 10.5. The third kappa shape index (κ3) is 4.00. The summed E-state index contributed by atoms with van der Waals surface area (Å²) < 4.78 is 10.3. The second-order valence-corrected chi connectivity index (χ2v) is 4.51. The van der Waals surface area contributed by atoms with Crippen molar-refractivity contribution in [2.24, 2.45) is 5.92 Å². The highest BCUT2D eigenvalue weighted by Crippen LogP contribution is 2.28. The first-order valence-electron chi connectivity index (χ1n) is 6.17. The van der Waals surface area contributed by atoms with Crippen molar-refractivity contribution in [2.75, 3.05) is 7.11 Å². The van der Waals surface area contributed by atoms with Crippen molar-refractivity contribution >= 4 is 6.09 Å². The molecule has 0 aliphatic carbocycles. The van der Waals surface area contributed by atoms with Gasteiger partial charge in [0.2, 0.25) is 0 Å². The van der Waals surface area contributed by atoms with Crippen molar-refractivity contribution < 1.29 is 14.3 Å². The van der Waals surface area contributed by atoms with Crippen LogP contribution in [0.5, 0.6) is 0 Å². The SMILES string of the molecule is CCCCC[C@H]1OC(NC(=O)OC)C[C@@H]1C. The Kier molecular flexibility index (Phi) is 5.60. The smallest absolute Gasteiger partial charge is 0.408 e. The van der Waals surface area contributed by atoms with Gasteiger partial charge >= 0.3 is 6.09 Å². The van der Waals surface area contributed by atoms with Crippen molar-refractivity contribution in [2.45, 2.75) is 58.3 Å². The average Bonchev–Trinajstić information content (AvgIpc) is 2.59. The van der Waals surface area contributed by atoms with Gasteiger partial charge in [-0.15, -0.1) is 0 Å². The number of amides is 1. The Morgan fingerprint density at radius 1 is 1.50 bits per heavy atom. The monoisotopic (exact) mass is 229 g/mol. The van der Waals surface area contributed by atoms with Crippen LogP contribution in [0.1, 0.15) is 46.0 Å². The van der Waals surface area contributed by atoms with Crippen molar-refractivity contribution in [3.63, 3.8) is 0 Å². The van der Waals surface area contributed by atoms with Gasteiger partial charge in [0.25, 0.3) is 0 Å². The van der Waals surface area contributed by atoms with Crippen LogP contribution in [0.15, 0.2) is 0 Å². The summed E-state index contributed by atoms with van der Waals surface area (Å²) in [7, 11) is 1.37. The minimum atomic E-state index is -0.411. The molecule has 1 fully saturated rings. The first kappa shape index (κ1) is 13.3. The van der Waals surface area contributed by atoms with Crippen molar-refractivity contribution in [1.29, 1.82) is 0 Å². The highest BCUT2D eigenvalue weighted by Gasteiger charge is 2.32. The molecule has 0 spiro atoms. The van der Waals surface area contributed by atoms with Crippen LogP contribution in [-0.4, -0.2) is 25.5 Å². The molecule has 3 atom stereocenters. The maximum Gasteiger partial charge on any atom is 0.408 e. The maximum atomic E-state index is 11.0. The van der Waals surface area contributed by atoms with E-state index in [1.807, 2.05) is 0 Å². The Morgan fingerprint density at radius 2 is 2.25 bits per heavy atom. The fourth-order valence-corrected chi connectivity index (χ4v) is 2.12. The molecule has 1 rings (SSSR count). The number of rotatable bonds is 5. The zero-order chi connectivity index (χ0) is 12.0. The molecule has 4 nitrogen and oxygen atoms in total. The van der Waals surface area contributed by atoms with Crippen LogP contribution in [0.4, 0.5) is 4.79 Å². The highest BCUT2D eigenvalue weighted by molar-refractivity contribution is 5.67. The van der Waals surface area contributed by atoms with Gasteiger partial charge in [0, 0.05) is 0 Å². The van der Waals surface area contributed by atoms with Gasteiger partial charge in [-0.3, -0.25) is 5.32 Å². The Morgan fingerprint density at radius 3 is 2.88 bits per heavy atom. The minimum Gasteiger partial charge on any atom is -0.453 e. The number of ether oxygens (including phenoxy) is 2. The van der Waals surface area contributed by atoms with E-state index in [1.54, 1.807) is 0 Å². The number of methoxy groups -OCH3 is 1. The fourth-order valence-electron chi connectivity index (χ4n) is 2.12. The van der Waals surface area contributed by atoms with Gasteiger partial charge < -0.3 is 9.47 Å². The number of carbonyl (C=O) groups excluding carboxylic acids is 1. The molecule has 1 saturated heterocycles. The number of hydrogen-bond donors (Lipinski definition) is 1. The van der Waals surface area contributed by atoms with E-state index in [0.29, 0.717) is 5.92 Å². The van der Waals surface area contributed by atoms with Gasteiger partial charge in [0.1, 0.15) is 6.23 Å². The summed E-state index contributed by atoms with van der Waals surface area (Å²) in [5.74, 6) is 0.513. The number of hydrogen-bond acceptors (Lipinski definition) is 3. The molecule has 0 aromatic carbocycles. The molecular weight excluding hydrogens is 206 g/mol. The standard InChI is InChI=1S/C12H23NO3/c1-4-5-6-7-10-9(2)8-11(16-10)13-12(14)15-3/h9-11H,4-8H2,1-3H3,(H,13,14)/t9-,10+,11?/m0/s1. The molecule has 0 aromatic rings. The second kappa shape index (κ2) is 6.74. The molecule has 1 aliphatic heterocycles. The summed E-state index contributed by atoms with van der Waals surface area (Å²) in [6.45, 7) is 4.37. The topological polar surface area (TPSA) is 47.6 Å². The van der Waals surface area contributed by atoms with Gasteiger partial charge in [-0.2, -0.15) is 0 Å². The Balaban J connectivity index is 2.26. The van der Waals surface area contributed by atoms with Crippen LogP contribution in [0.2, 0.25) is 0 Å². The number of unbranched alkanes of at least 4 members (excludes halogenated alkanes) is 2. The highest BCUT2D eigenvalue weighted by atomic mass is 16.6. The lowest BCUT2D eigenvalue weighted by Gasteiger charge is -2.15. The van der Waals surface area contributed by atoms with Gasteiger partial charge in [-0.25, -0.2) is 4.79 Å². The molecule has 16 heavy (non-hydrogen) atoms. The first-order valence-corrected chi connectivity index (χ1v) is 6.17.